The number of hydrogen-bond acceptors (Lipinski definition) is 4. The van der Waals surface area contributed by atoms with Crippen LogP contribution in [0.15, 0.2) is 24.3 Å². The predicted octanol–water partition coefficient (Wildman–Crippen LogP) is 1.58. The van der Waals surface area contributed by atoms with Crippen molar-refractivity contribution in [2.45, 2.75) is 45.2 Å². The molecule has 132 valence electrons. The Morgan fingerprint density at radius 2 is 1.83 bits per heavy atom. The minimum absolute atomic E-state index is 0.000495. The molecule has 6 heteroatoms. The Bertz CT molecular complexity index is 549. The highest BCUT2D eigenvalue weighted by molar-refractivity contribution is 5.94. The predicted molar refractivity (Wildman–Crippen MR) is 91.0 cm³/mol. The van der Waals surface area contributed by atoms with E-state index in [1.54, 1.807) is 24.3 Å². The van der Waals surface area contributed by atoms with Gasteiger partial charge in [-0.3, -0.25) is 9.59 Å². The summed E-state index contributed by atoms with van der Waals surface area (Å²) in [7, 11) is 0. The second-order valence-corrected chi connectivity index (χ2v) is 6.22. The number of ether oxygens (including phenoxy) is 1. The standard InChI is InChI=1S/C18H26N2O4/c1-13-4-3-5-14(2)20(13)17(22)12-24-16-8-6-15(7-9-16)18(23)19-10-11-21/h6-9,13-14,21H,3-5,10-12H2,1-2H3,(H,19,23). The van der Waals surface area contributed by atoms with Crippen LogP contribution in [0.2, 0.25) is 0 Å². The first-order chi connectivity index (χ1) is 11.5. The summed E-state index contributed by atoms with van der Waals surface area (Å²) in [6.45, 7) is 4.28. The van der Waals surface area contributed by atoms with Crippen molar-refractivity contribution in [3.8, 4) is 5.75 Å². The monoisotopic (exact) mass is 334 g/mol. The molecule has 0 bridgehead atoms. The van der Waals surface area contributed by atoms with Crippen LogP contribution in [0.5, 0.6) is 5.75 Å². The van der Waals surface area contributed by atoms with Crippen molar-refractivity contribution in [3.63, 3.8) is 0 Å². The lowest BCUT2D eigenvalue weighted by Crippen LogP contribution is -2.49. The van der Waals surface area contributed by atoms with E-state index in [0.717, 1.165) is 19.3 Å². The van der Waals surface area contributed by atoms with Crippen molar-refractivity contribution in [1.29, 1.82) is 0 Å². The number of nitrogens with one attached hydrogen (secondary N) is 1. The Morgan fingerprint density at radius 3 is 2.42 bits per heavy atom. The van der Waals surface area contributed by atoms with E-state index in [-0.39, 0.29) is 43.7 Å². The molecule has 1 aliphatic rings. The van der Waals surface area contributed by atoms with Crippen molar-refractivity contribution in [2.75, 3.05) is 19.8 Å². The van der Waals surface area contributed by atoms with Crippen LogP contribution in [0.25, 0.3) is 0 Å². The summed E-state index contributed by atoms with van der Waals surface area (Å²) in [5, 5.41) is 11.3. The van der Waals surface area contributed by atoms with Gasteiger partial charge in [0.2, 0.25) is 0 Å². The Balaban J connectivity index is 1.87. The minimum Gasteiger partial charge on any atom is -0.484 e. The van der Waals surface area contributed by atoms with Gasteiger partial charge in [0.1, 0.15) is 5.75 Å². The van der Waals surface area contributed by atoms with Crippen LogP contribution in [-0.4, -0.2) is 53.7 Å². The van der Waals surface area contributed by atoms with Crippen LogP contribution in [-0.2, 0) is 4.79 Å². The van der Waals surface area contributed by atoms with Crippen LogP contribution in [0.3, 0.4) is 0 Å². The lowest BCUT2D eigenvalue weighted by molar-refractivity contribution is -0.139. The minimum atomic E-state index is -0.248. The molecule has 1 heterocycles. The molecule has 2 atom stereocenters. The number of aliphatic hydroxyl groups is 1. The fourth-order valence-corrected chi connectivity index (χ4v) is 3.11. The maximum absolute atomic E-state index is 12.4. The summed E-state index contributed by atoms with van der Waals surface area (Å²) >= 11 is 0. The van der Waals surface area contributed by atoms with E-state index in [0.29, 0.717) is 11.3 Å². The smallest absolute Gasteiger partial charge is 0.260 e. The molecule has 0 aromatic heterocycles. The Morgan fingerprint density at radius 1 is 1.21 bits per heavy atom. The number of benzene rings is 1. The molecular weight excluding hydrogens is 308 g/mol. The van der Waals surface area contributed by atoms with Gasteiger partial charge in [-0.1, -0.05) is 0 Å². The second-order valence-electron chi connectivity index (χ2n) is 6.22. The first-order valence-corrected chi connectivity index (χ1v) is 8.46. The Labute approximate surface area is 142 Å². The van der Waals surface area contributed by atoms with Gasteiger partial charge in [0.05, 0.1) is 6.61 Å². The lowest BCUT2D eigenvalue weighted by atomic mass is 9.97. The van der Waals surface area contributed by atoms with Crippen molar-refractivity contribution >= 4 is 11.8 Å². The molecule has 1 saturated heterocycles. The van der Waals surface area contributed by atoms with Gasteiger partial charge < -0.3 is 20.1 Å². The van der Waals surface area contributed by atoms with Gasteiger partial charge in [0, 0.05) is 24.2 Å². The number of carbonyl (C=O) groups is 2. The normalized spacial score (nSPS) is 20.5. The summed E-state index contributed by atoms with van der Waals surface area (Å²) in [6.07, 6.45) is 3.23. The van der Waals surface area contributed by atoms with Gasteiger partial charge in [-0.2, -0.15) is 0 Å². The zero-order valence-corrected chi connectivity index (χ0v) is 14.3. The Hall–Kier alpha value is -2.08. The van der Waals surface area contributed by atoms with E-state index in [4.69, 9.17) is 9.84 Å². The molecule has 2 N–H and O–H groups in total. The molecule has 1 aromatic carbocycles. The first kappa shape index (κ1) is 18.3. The highest BCUT2D eigenvalue weighted by Crippen LogP contribution is 2.22. The number of rotatable bonds is 6. The van der Waals surface area contributed by atoms with Gasteiger partial charge in [-0.15, -0.1) is 0 Å². The number of nitrogens with zero attached hydrogens (tertiary/aromatic N) is 1. The SMILES string of the molecule is CC1CCCC(C)N1C(=O)COc1ccc(C(=O)NCCO)cc1. The van der Waals surface area contributed by atoms with Crippen LogP contribution in [0.4, 0.5) is 0 Å². The van der Waals surface area contributed by atoms with Crippen molar-refractivity contribution in [2.24, 2.45) is 0 Å². The molecule has 2 rings (SSSR count). The molecule has 0 spiro atoms. The van der Waals surface area contributed by atoms with Crippen molar-refractivity contribution in [1.82, 2.24) is 10.2 Å². The summed E-state index contributed by atoms with van der Waals surface area (Å²) in [6, 6.07) is 7.12. The largest absolute Gasteiger partial charge is 0.484 e. The van der Waals surface area contributed by atoms with E-state index in [9.17, 15) is 9.59 Å². The lowest BCUT2D eigenvalue weighted by Gasteiger charge is -2.38. The zero-order valence-electron chi connectivity index (χ0n) is 14.3. The van der Waals surface area contributed by atoms with Gasteiger partial charge in [0.15, 0.2) is 6.61 Å². The maximum Gasteiger partial charge on any atom is 0.260 e. The summed E-state index contributed by atoms with van der Waals surface area (Å²) in [5.74, 6) is 0.307. The molecule has 0 aliphatic carbocycles. The number of aliphatic hydroxyl groups excluding tert-OH is 1. The van der Waals surface area contributed by atoms with E-state index in [1.165, 1.54) is 0 Å². The summed E-state index contributed by atoms with van der Waals surface area (Å²) in [4.78, 5) is 26.1. The highest BCUT2D eigenvalue weighted by Gasteiger charge is 2.28. The van der Waals surface area contributed by atoms with E-state index < -0.39 is 0 Å². The van der Waals surface area contributed by atoms with Crippen LogP contribution >= 0.6 is 0 Å². The molecular formula is C18H26N2O4. The highest BCUT2D eigenvalue weighted by atomic mass is 16.5. The van der Waals surface area contributed by atoms with Crippen LogP contribution in [0.1, 0.15) is 43.5 Å². The topological polar surface area (TPSA) is 78.9 Å². The number of hydrogen-bond donors (Lipinski definition) is 2. The third-order valence-electron chi connectivity index (χ3n) is 4.36. The molecule has 1 aliphatic heterocycles. The molecule has 6 nitrogen and oxygen atoms in total. The van der Waals surface area contributed by atoms with Gasteiger partial charge in [-0.05, 0) is 57.4 Å². The number of carbonyl (C=O) groups excluding carboxylic acids is 2. The third-order valence-corrected chi connectivity index (χ3v) is 4.36. The van der Waals surface area contributed by atoms with Gasteiger partial charge in [-0.25, -0.2) is 0 Å². The number of amides is 2. The zero-order chi connectivity index (χ0) is 17.5. The summed E-state index contributed by atoms with van der Waals surface area (Å²) < 4.78 is 5.57. The Kier molecular flexibility index (Phi) is 6.61. The molecule has 2 unspecified atom stereocenters. The average Bonchev–Trinajstić information content (AvgIpc) is 2.58. The van der Waals surface area contributed by atoms with E-state index in [2.05, 4.69) is 19.2 Å². The van der Waals surface area contributed by atoms with Gasteiger partial charge in [0.25, 0.3) is 11.8 Å². The van der Waals surface area contributed by atoms with Crippen molar-refractivity contribution in [3.05, 3.63) is 29.8 Å². The van der Waals surface area contributed by atoms with Gasteiger partial charge >= 0.3 is 0 Å². The molecule has 0 saturated carbocycles. The van der Waals surface area contributed by atoms with E-state index >= 15 is 0 Å². The fraction of sp³-hybridized carbons (Fsp3) is 0.556. The number of likely N-dealkylation sites (tertiary alicyclic amines) is 1. The fourth-order valence-electron chi connectivity index (χ4n) is 3.11. The van der Waals surface area contributed by atoms with Crippen LogP contribution in [0, 0.1) is 0 Å². The first-order valence-electron chi connectivity index (χ1n) is 8.46. The van der Waals surface area contributed by atoms with Crippen LogP contribution < -0.4 is 10.1 Å². The van der Waals surface area contributed by atoms with E-state index in [1.807, 2.05) is 4.90 Å². The second kappa shape index (κ2) is 8.68. The average molecular weight is 334 g/mol. The summed E-state index contributed by atoms with van der Waals surface area (Å²) in [5.41, 5.74) is 0.486. The van der Waals surface area contributed by atoms with Crippen molar-refractivity contribution < 1.29 is 19.4 Å². The molecule has 1 fully saturated rings. The molecule has 2 amide bonds. The molecule has 24 heavy (non-hydrogen) atoms. The third kappa shape index (κ3) is 4.71. The molecule has 0 radical (unpaired) electrons. The maximum atomic E-state index is 12.4. The molecule has 1 aromatic rings. The quantitative estimate of drug-likeness (QED) is 0.828. The number of piperidine rings is 1.